The van der Waals surface area contributed by atoms with E-state index in [1.165, 1.54) is 0 Å². The van der Waals surface area contributed by atoms with E-state index in [4.69, 9.17) is 5.73 Å². The average molecular weight is 235 g/mol. The molecule has 0 aliphatic carbocycles. The Morgan fingerprint density at radius 2 is 2.12 bits per heavy atom. The molecule has 0 aliphatic heterocycles. The van der Waals surface area contributed by atoms with Gasteiger partial charge in [0.25, 0.3) is 0 Å². The second kappa shape index (κ2) is 7.01. The predicted octanol–water partition coefficient (Wildman–Crippen LogP) is 1.11. The summed E-state index contributed by atoms with van der Waals surface area (Å²) in [5.74, 6) is 0.436. The summed E-state index contributed by atoms with van der Waals surface area (Å²) in [6.07, 6.45) is 4.79. The number of nitrogens with one attached hydrogen (secondary N) is 1. The van der Waals surface area contributed by atoms with Crippen molar-refractivity contribution in [3.05, 3.63) is 30.1 Å². The molecule has 1 amide bonds. The fourth-order valence-corrected chi connectivity index (χ4v) is 1.48. The number of pyridine rings is 1. The van der Waals surface area contributed by atoms with Gasteiger partial charge in [0.15, 0.2) is 0 Å². The second-order valence-corrected chi connectivity index (χ2v) is 4.39. The van der Waals surface area contributed by atoms with Crippen LogP contribution >= 0.6 is 0 Å². The van der Waals surface area contributed by atoms with Crippen LogP contribution < -0.4 is 11.1 Å². The van der Waals surface area contributed by atoms with E-state index in [1.807, 2.05) is 12.1 Å². The van der Waals surface area contributed by atoms with Crippen LogP contribution in [0.15, 0.2) is 24.5 Å². The minimum atomic E-state index is 0.00922. The van der Waals surface area contributed by atoms with Crippen LogP contribution in [0.2, 0.25) is 0 Å². The van der Waals surface area contributed by atoms with E-state index in [-0.39, 0.29) is 11.9 Å². The summed E-state index contributed by atoms with van der Waals surface area (Å²) >= 11 is 0. The Bertz CT molecular complexity index is 340. The third-order valence-corrected chi connectivity index (χ3v) is 3.02. The lowest BCUT2D eigenvalue weighted by atomic mass is 10.0. The van der Waals surface area contributed by atoms with Gasteiger partial charge in [-0.3, -0.25) is 9.78 Å². The summed E-state index contributed by atoms with van der Waals surface area (Å²) in [5, 5.41) is 2.86. The quantitative estimate of drug-likeness (QED) is 0.776. The molecule has 1 heterocycles. The van der Waals surface area contributed by atoms with Gasteiger partial charge in [0.05, 0.1) is 6.42 Å². The largest absolute Gasteiger partial charge is 0.354 e. The van der Waals surface area contributed by atoms with Crippen LogP contribution in [0.25, 0.3) is 0 Å². The monoisotopic (exact) mass is 235 g/mol. The first-order valence-corrected chi connectivity index (χ1v) is 6.04. The Kier molecular flexibility index (Phi) is 5.63. The summed E-state index contributed by atoms with van der Waals surface area (Å²) in [6, 6.07) is 3.71. The Balaban J connectivity index is 2.31. The minimum absolute atomic E-state index is 0.00922. The third-order valence-electron chi connectivity index (χ3n) is 3.02. The fourth-order valence-electron chi connectivity index (χ4n) is 1.48. The van der Waals surface area contributed by atoms with Gasteiger partial charge >= 0.3 is 0 Å². The molecule has 1 unspecified atom stereocenters. The molecule has 3 N–H and O–H groups in total. The summed E-state index contributed by atoms with van der Waals surface area (Å²) < 4.78 is 0. The predicted molar refractivity (Wildman–Crippen MR) is 68.4 cm³/mol. The average Bonchev–Trinajstić information content (AvgIpc) is 2.36. The van der Waals surface area contributed by atoms with Crippen molar-refractivity contribution < 1.29 is 4.79 Å². The Labute approximate surface area is 103 Å². The molecular formula is C13H21N3O. The molecule has 0 saturated heterocycles. The highest BCUT2D eigenvalue weighted by molar-refractivity contribution is 5.78. The smallest absolute Gasteiger partial charge is 0.224 e. The van der Waals surface area contributed by atoms with Crippen molar-refractivity contribution in [1.82, 2.24) is 10.3 Å². The topological polar surface area (TPSA) is 68.0 Å². The zero-order valence-electron chi connectivity index (χ0n) is 10.5. The number of nitrogens with zero attached hydrogens (tertiary/aromatic N) is 1. The van der Waals surface area contributed by atoms with Crippen LogP contribution in [0.4, 0.5) is 0 Å². The highest BCUT2D eigenvalue weighted by Gasteiger charge is 2.11. The van der Waals surface area contributed by atoms with Gasteiger partial charge in [-0.2, -0.15) is 0 Å². The minimum Gasteiger partial charge on any atom is -0.354 e. The zero-order valence-corrected chi connectivity index (χ0v) is 10.5. The first-order valence-electron chi connectivity index (χ1n) is 6.04. The van der Waals surface area contributed by atoms with Gasteiger partial charge in [0.1, 0.15) is 0 Å². The number of carbonyl (C=O) groups excluding carboxylic acids is 1. The van der Waals surface area contributed by atoms with Crippen LogP contribution in [-0.2, 0) is 11.2 Å². The zero-order chi connectivity index (χ0) is 12.7. The van der Waals surface area contributed by atoms with Crippen molar-refractivity contribution in [3.63, 3.8) is 0 Å². The van der Waals surface area contributed by atoms with Crippen molar-refractivity contribution >= 4 is 5.91 Å². The maximum atomic E-state index is 11.6. The number of hydrogen-bond acceptors (Lipinski definition) is 3. The Hall–Kier alpha value is -1.42. The van der Waals surface area contributed by atoms with E-state index in [1.54, 1.807) is 12.4 Å². The van der Waals surface area contributed by atoms with Gasteiger partial charge in [-0.1, -0.05) is 20.3 Å². The highest BCUT2D eigenvalue weighted by atomic mass is 16.1. The second-order valence-electron chi connectivity index (χ2n) is 4.39. The number of rotatable bonds is 6. The van der Waals surface area contributed by atoms with Gasteiger partial charge in [-0.05, 0) is 23.6 Å². The summed E-state index contributed by atoms with van der Waals surface area (Å²) in [4.78, 5) is 15.6. The molecule has 1 rings (SSSR count). The van der Waals surface area contributed by atoms with E-state index in [0.29, 0.717) is 18.9 Å². The van der Waals surface area contributed by atoms with Crippen LogP contribution in [0.5, 0.6) is 0 Å². The van der Waals surface area contributed by atoms with Crippen LogP contribution in [0, 0.1) is 5.92 Å². The lowest BCUT2D eigenvalue weighted by Crippen LogP contribution is -2.41. The SMILES string of the molecule is CCC(C)[C@H](N)CNC(=O)Cc1ccncc1. The molecule has 2 atom stereocenters. The van der Waals surface area contributed by atoms with Gasteiger partial charge in [-0.25, -0.2) is 0 Å². The van der Waals surface area contributed by atoms with Crippen molar-refractivity contribution in [1.29, 1.82) is 0 Å². The van der Waals surface area contributed by atoms with Gasteiger partial charge in [0.2, 0.25) is 5.91 Å². The van der Waals surface area contributed by atoms with Crippen LogP contribution in [-0.4, -0.2) is 23.5 Å². The molecule has 0 radical (unpaired) electrons. The van der Waals surface area contributed by atoms with E-state index in [9.17, 15) is 4.79 Å². The molecule has 0 fully saturated rings. The Morgan fingerprint density at radius 1 is 1.47 bits per heavy atom. The molecule has 4 nitrogen and oxygen atoms in total. The lowest BCUT2D eigenvalue weighted by molar-refractivity contribution is -0.120. The lowest BCUT2D eigenvalue weighted by Gasteiger charge is -2.18. The van der Waals surface area contributed by atoms with Crippen molar-refractivity contribution in [3.8, 4) is 0 Å². The first kappa shape index (κ1) is 13.6. The van der Waals surface area contributed by atoms with E-state index in [0.717, 1.165) is 12.0 Å². The van der Waals surface area contributed by atoms with E-state index in [2.05, 4.69) is 24.1 Å². The molecule has 1 aromatic heterocycles. The standard InChI is InChI=1S/C13H21N3O/c1-3-10(2)12(14)9-16-13(17)8-11-4-6-15-7-5-11/h4-7,10,12H,3,8-9,14H2,1-2H3,(H,16,17)/t10?,12-/m1/s1. The fraction of sp³-hybridized carbons (Fsp3) is 0.538. The first-order chi connectivity index (χ1) is 8.13. The van der Waals surface area contributed by atoms with Gasteiger partial charge < -0.3 is 11.1 Å². The number of nitrogens with two attached hydrogens (primary N) is 1. The summed E-state index contributed by atoms with van der Waals surface area (Å²) in [7, 11) is 0. The van der Waals surface area contributed by atoms with Crippen molar-refractivity contribution in [2.75, 3.05) is 6.54 Å². The van der Waals surface area contributed by atoms with Gasteiger partial charge in [0, 0.05) is 25.0 Å². The van der Waals surface area contributed by atoms with E-state index < -0.39 is 0 Å². The maximum absolute atomic E-state index is 11.6. The summed E-state index contributed by atoms with van der Waals surface area (Å²) in [6.45, 7) is 4.74. The van der Waals surface area contributed by atoms with E-state index >= 15 is 0 Å². The number of hydrogen-bond donors (Lipinski definition) is 2. The molecule has 0 saturated carbocycles. The third kappa shape index (κ3) is 4.95. The summed E-state index contributed by atoms with van der Waals surface area (Å²) in [5.41, 5.74) is 6.91. The van der Waals surface area contributed by atoms with Crippen molar-refractivity contribution in [2.45, 2.75) is 32.7 Å². The molecular weight excluding hydrogens is 214 g/mol. The van der Waals surface area contributed by atoms with Gasteiger partial charge in [-0.15, -0.1) is 0 Å². The maximum Gasteiger partial charge on any atom is 0.224 e. The van der Waals surface area contributed by atoms with Crippen molar-refractivity contribution in [2.24, 2.45) is 11.7 Å². The molecule has 0 aliphatic rings. The normalized spacial score (nSPS) is 14.1. The highest BCUT2D eigenvalue weighted by Crippen LogP contribution is 2.04. The molecule has 17 heavy (non-hydrogen) atoms. The molecule has 0 bridgehead atoms. The molecule has 0 aromatic carbocycles. The number of amides is 1. The molecule has 4 heteroatoms. The van der Waals surface area contributed by atoms with Crippen LogP contribution in [0.1, 0.15) is 25.8 Å². The molecule has 1 aromatic rings. The molecule has 94 valence electrons. The van der Waals surface area contributed by atoms with Crippen LogP contribution in [0.3, 0.4) is 0 Å². The number of carbonyl (C=O) groups is 1. The number of aromatic nitrogens is 1. The molecule has 0 spiro atoms. The Morgan fingerprint density at radius 3 is 2.71 bits per heavy atom.